The van der Waals surface area contributed by atoms with Crippen LogP contribution in [-0.2, 0) is 9.53 Å². The molecular weight excluding hydrogens is 344 g/mol. The van der Waals surface area contributed by atoms with Crippen LogP contribution in [0.4, 0.5) is 0 Å². The number of nitrogens with one attached hydrogen (secondary N) is 1. The van der Waals surface area contributed by atoms with E-state index in [2.05, 4.69) is 15.2 Å². The topological polar surface area (TPSA) is 66.4 Å². The molecule has 1 aromatic rings. The quantitative estimate of drug-likeness (QED) is 0.623. The summed E-state index contributed by atoms with van der Waals surface area (Å²) in [7, 11) is 1.79. The molecule has 2 unspecified atom stereocenters. The molecule has 3 rings (SSSR count). The molecule has 1 aromatic carbocycles. The van der Waals surface area contributed by atoms with Crippen LogP contribution < -0.4 is 10.1 Å². The van der Waals surface area contributed by atoms with Gasteiger partial charge in [-0.25, -0.2) is 0 Å². The van der Waals surface area contributed by atoms with Crippen molar-refractivity contribution in [2.75, 3.05) is 46.4 Å². The number of para-hydroxylation sites is 1. The number of hydrogen-bond donors (Lipinski definition) is 1. The summed E-state index contributed by atoms with van der Waals surface area (Å²) in [6, 6.07) is 9.81. The standard InChI is InChI=1S/C20H30N4O3/c1-16(27-17-7-4-3-5-8-17)15-22-20(21-2)24-12-10-23(11-13-24)19(25)18-9-6-14-26-18/h3-5,7-8,16,18H,6,9-15H2,1-2H3,(H,21,22). The Morgan fingerprint density at radius 3 is 2.59 bits per heavy atom. The molecule has 2 aliphatic rings. The average Bonchev–Trinajstić information content (AvgIpc) is 3.24. The third-order valence-electron chi connectivity index (χ3n) is 4.94. The maximum Gasteiger partial charge on any atom is 0.251 e. The van der Waals surface area contributed by atoms with E-state index in [1.807, 2.05) is 42.2 Å². The summed E-state index contributed by atoms with van der Waals surface area (Å²) in [5.74, 6) is 1.85. The maximum absolute atomic E-state index is 12.5. The lowest BCUT2D eigenvalue weighted by molar-refractivity contribution is -0.142. The summed E-state index contributed by atoms with van der Waals surface area (Å²) < 4.78 is 11.4. The Kier molecular flexibility index (Phi) is 6.92. The lowest BCUT2D eigenvalue weighted by Gasteiger charge is -2.37. The molecule has 0 saturated carbocycles. The van der Waals surface area contributed by atoms with E-state index in [0.717, 1.165) is 37.6 Å². The highest BCUT2D eigenvalue weighted by molar-refractivity contribution is 5.82. The molecule has 2 atom stereocenters. The Bertz CT molecular complexity index is 623. The lowest BCUT2D eigenvalue weighted by Crippen LogP contribution is -2.55. The van der Waals surface area contributed by atoms with Gasteiger partial charge < -0.3 is 24.6 Å². The number of aliphatic imine (C=N–C) groups is 1. The van der Waals surface area contributed by atoms with E-state index in [9.17, 15) is 4.79 Å². The van der Waals surface area contributed by atoms with Crippen LogP contribution in [0.1, 0.15) is 19.8 Å². The smallest absolute Gasteiger partial charge is 0.251 e. The van der Waals surface area contributed by atoms with Crippen LogP contribution in [0.3, 0.4) is 0 Å². The summed E-state index contributed by atoms with van der Waals surface area (Å²) in [6.45, 7) is 6.35. The number of amides is 1. The van der Waals surface area contributed by atoms with Crippen molar-refractivity contribution in [3.63, 3.8) is 0 Å². The van der Waals surface area contributed by atoms with Gasteiger partial charge in [0.05, 0.1) is 6.54 Å². The van der Waals surface area contributed by atoms with Crippen LogP contribution in [0, 0.1) is 0 Å². The first kappa shape index (κ1) is 19.5. The van der Waals surface area contributed by atoms with E-state index in [4.69, 9.17) is 9.47 Å². The molecule has 7 heteroatoms. The molecule has 2 aliphatic heterocycles. The lowest BCUT2D eigenvalue weighted by atomic mass is 10.2. The number of benzene rings is 1. The molecule has 0 bridgehead atoms. The minimum atomic E-state index is -0.232. The van der Waals surface area contributed by atoms with Crippen molar-refractivity contribution in [2.45, 2.75) is 32.0 Å². The summed E-state index contributed by atoms with van der Waals surface area (Å²) >= 11 is 0. The summed E-state index contributed by atoms with van der Waals surface area (Å²) in [4.78, 5) is 20.9. The van der Waals surface area contributed by atoms with Crippen molar-refractivity contribution < 1.29 is 14.3 Å². The van der Waals surface area contributed by atoms with Crippen LogP contribution in [0.5, 0.6) is 5.75 Å². The van der Waals surface area contributed by atoms with Crippen molar-refractivity contribution in [3.05, 3.63) is 30.3 Å². The van der Waals surface area contributed by atoms with Gasteiger partial charge in [-0.2, -0.15) is 0 Å². The molecule has 2 heterocycles. The minimum Gasteiger partial charge on any atom is -0.489 e. The van der Waals surface area contributed by atoms with E-state index >= 15 is 0 Å². The van der Waals surface area contributed by atoms with Crippen molar-refractivity contribution >= 4 is 11.9 Å². The van der Waals surface area contributed by atoms with Crippen LogP contribution in [0.25, 0.3) is 0 Å². The van der Waals surface area contributed by atoms with Gasteiger partial charge in [0, 0.05) is 39.8 Å². The molecular formula is C20H30N4O3. The van der Waals surface area contributed by atoms with Gasteiger partial charge in [-0.3, -0.25) is 9.79 Å². The number of carbonyl (C=O) groups excluding carboxylic acids is 1. The van der Waals surface area contributed by atoms with E-state index in [1.54, 1.807) is 7.05 Å². The van der Waals surface area contributed by atoms with Gasteiger partial charge in [0.15, 0.2) is 5.96 Å². The largest absolute Gasteiger partial charge is 0.489 e. The second-order valence-electron chi connectivity index (χ2n) is 6.98. The van der Waals surface area contributed by atoms with Gasteiger partial charge >= 0.3 is 0 Å². The zero-order valence-corrected chi connectivity index (χ0v) is 16.3. The summed E-state index contributed by atoms with van der Waals surface area (Å²) in [5.41, 5.74) is 0. The minimum absolute atomic E-state index is 0.0199. The Morgan fingerprint density at radius 2 is 1.96 bits per heavy atom. The van der Waals surface area contributed by atoms with Gasteiger partial charge in [-0.15, -0.1) is 0 Å². The van der Waals surface area contributed by atoms with E-state index < -0.39 is 0 Å². The average molecular weight is 374 g/mol. The van der Waals surface area contributed by atoms with E-state index in [1.165, 1.54) is 0 Å². The highest BCUT2D eigenvalue weighted by atomic mass is 16.5. The maximum atomic E-state index is 12.5. The Hall–Kier alpha value is -2.28. The molecule has 1 amide bonds. The molecule has 0 aromatic heterocycles. The van der Waals surface area contributed by atoms with Crippen molar-refractivity contribution in [2.24, 2.45) is 4.99 Å². The van der Waals surface area contributed by atoms with Crippen molar-refractivity contribution in [1.82, 2.24) is 15.1 Å². The first-order chi connectivity index (χ1) is 13.2. The fraction of sp³-hybridized carbons (Fsp3) is 0.600. The fourth-order valence-corrected chi connectivity index (χ4v) is 3.46. The molecule has 2 saturated heterocycles. The van der Waals surface area contributed by atoms with Gasteiger partial charge in [-0.05, 0) is 31.9 Å². The highest BCUT2D eigenvalue weighted by Gasteiger charge is 2.30. The second kappa shape index (κ2) is 9.60. The summed E-state index contributed by atoms with van der Waals surface area (Å²) in [6.07, 6.45) is 1.62. The normalized spacial score (nSPS) is 21.9. The van der Waals surface area contributed by atoms with Crippen LogP contribution in [0.2, 0.25) is 0 Å². The number of piperazine rings is 1. The van der Waals surface area contributed by atoms with Crippen LogP contribution in [-0.4, -0.2) is 80.3 Å². The molecule has 148 valence electrons. The molecule has 27 heavy (non-hydrogen) atoms. The number of rotatable bonds is 5. The Balaban J connectivity index is 1.42. The van der Waals surface area contributed by atoms with E-state index in [-0.39, 0.29) is 18.1 Å². The first-order valence-corrected chi connectivity index (χ1v) is 9.75. The van der Waals surface area contributed by atoms with Gasteiger partial charge in [0.25, 0.3) is 5.91 Å². The van der Waals surface area contributed by atoms with Crippen LogP contribution in [0.15, 0.2) is 35.3 Å². The second-order valence-corrected chi connectivity index (χ2v) is 6.98. The molecule has 0 aliphatic carbocycles. The highest BCUT2D eigenvalue weighted by Crippen LogP contribution is 2.16. The number of hydrogen-bond acceptors (Lipinski definition) is 4. The third-order valence-corrected chi connectivity index (χ3v) is 4.94. The predicted octanol–water partition coefficient (Wildman–Crippen LogP) is 1.35. The number of ether oxygens (including phenoxy) is 2. The van der Waals surface area contributed by atoms with Gasteiger partial charge in [0.1, 0.15) is 18.0 Å². The third kappa shape index (κ3) is 5.35. The monoisotopic (exact) mass is 374 g/mol. The Morgan fingerprint density at radius 1 is 1.26 bits per heavy atom. The SMILES string of the molecule is CN=C(NCC(C)Oc1ccccc1)N1CCN(C(=O)C2CCCO2)CC1. The zero-order chi connectivity index (χ0) is 19.1. The van der Waals surface area contributed by atoms with Crippen molar-refractivity contribution in [3.8, 4) is 5.75 Å². The molecule has 7 nitrogen and oxygen atoms in total. The predicted molar refractivity (Wildman–Crippen MR) is 105 cm³/mol. The van der Waals surface area contributed by atoms with E-state index in [0.29, 0.717) is 26.2 Å². The van der Waals surface area contributed by atoms with Gasteiger partial charge in [-0.1, -0.05) is 18.2 Å². The van der Waals surface area contributed by atoms with Crippen molar-refractivity contribution in [1.29, 1.82) is 0 Å². The molecule has 0 spiro atoms. The van der Waals surface area contributed by atoms with Crippen LogP contribution >= 0.6 is 0 Å². The first-order valence-electron chi connectivity index (χ1n) is 9.75. The molecule has 0 radical (unpaired) electrons. The van der Waals surface area contributed by atoms with Gasteiger partial charge in [0.2, 0.25) is 0 Å². The number of nitrogens with zero attached hydrogens (tertiary/aromatic N) is 3. The Labute approximate surface area is 161 Å². The fourth-order valence-electron chi connectivity index (χ4n) is 3.46. The summed E-state index contributed by atoms with van der Waals surface area (Å²) in [5, 5.41) is 3.38. The molecule has 2 fully saturated rings. The number of guanidine groups is 1. The molecule has 1 N–H and O–H groups in total. The number of carbonyl (C=O) groups is 1. The zero-order valence-electron chi connectivity index (χ0n) is 16.3.